The summed E-state index contributed by atoms with van der Waals surface area (Å²) < 4.78 is 1.87. The minimum atomic E-state index is -0.101. The van der Waals surface area contributed by atoms with Gasteiger partial charge in [-0.1, -0.05) is 6.92 Å². The number of anilines is 1. The molecule has 2 aromatic rings. The number of carbonyl (C=O) groups excluding carboxylic acids is 1. The van der Waals surface area contributed by atoms with Gasteiger partial charge < -0.3 is 11.1 Å². The maximum atomic E-state index is 11.7. The number of amides is 1. The Morgan fingerprint density at radius 2 is 2.25 bits per heavy atom. The Balaban J connectivity index is 2.02. The predicted molar refractivity (Wildman–Crippen MR) is 77.6 cm³/mol. The maximum absolute atomic E-state index is 11.7. The van der Waals surface area contributed by atoms with Gasteiger partial charge in [0.15, 0.2) is 0 Å². The van der Waals surface area contributed by atoms with Crippen molar-refractivity contribution in [2.45, 2.75) is 32.7 Å². The SMILES string of the molecule is CCC(N)CC(=O)Nc1ccc(-n2ccnc2C)nc1. The van der Waals surface area contributed by atoms with Gasteiger partial charge in [-0.15, -0.1) is 0 Å². The summed E-state index contributed by atoms with van der Waals surface area (Å²) in [7, 11) is 0. The molecule has 0 saturated heterocycles. The van der Waals surface area contributed by atoms with Gasteiger partial charge >= 0.3 is 0 Å². The second-order valence-corrected chi connectivity index (χ2v) is 4.67. The third kappa shape index (κ3) is 3.42. The number of imidazole rings is 1. The van der Waals surface area contributed by atoms with Crippen molar-refractivity contribution in [2.24, 2.45) is 5.73 Å². The van der Waals surface area contributed by atoms with E-state index in [4.69, 9.17) is 5.73 Å². The molecule has 0 radical (unpaired) electrons. The average molecular weight is 273 g/mol. The van der Waals surface area contributed by atoms with Crippen LogP contribution in [0.25, 0.3) is 5.82 Å². The number of nitrogens with zero attached hydrogens (tertiary/aromatic N) is 3. The Morgan fingerprint density at radius 1 is 1.45 bits per heavy atom. The first-order chi connectivity index (χ1) is 9.60. The van der Waals surface area contributed by atoms with E-state index in [2.05, 4.69) is 15.3 Å². The molecule has 6 nitrogen and oxygen atoms in total. The number of pyridine rings is 1. The van der Waals surface area contributed by atoms with Crippen molar-refractivity contribution in [1.29, 1.82) is 0 Å². The standard InChI is InChI=1S/C14H19N5O/c1-3-11(15)8-14(20)18-12-4-5-13(17-9-12)19-7-6-16-10(19)2/h4-7,9,11H,3,8,15H2,1-2H3,(H,18,20). The topological polar surface area (TPSA) is 85.8 Å². The molecule has 3 N–H and O–H groups in total. The second-order valence-electron chi connectivity index (χ2n) is 4.67. The summed E-state index contributed by atoms with van der Waals surface area (Å²) in [5.74, 6) is 1.54. The van der Waals surface area contributed by atoms with E-state index in [1.807, 2.05) is 36.7 Å². The second kappa shape index (κ2) is 6.29. The number of aromatic nitrogens is 3. The Labute approximate surface area is 118 Å². The van der Waals surface area contributed by atoms with Crippen molar-refractivity contribution in [3.05, 3.63) is 36.5 Å². The van der Waals surface area contributed by atoms with E-state index < -0.39 is 0 Å². The van der Waals surface area contributed by atoms with E-state index in [9.17, 15) is 4.79 Å². The number of nitrogens with two attached hydrogens (primary N) is 1. The van der Waals surface area contributed by atoms with Crippen LogP contribution in [0.5, 0.6) is 0 Å². The molecule has 2 rings (SSSR count). The minimum Gasteiger partial charge on any atom is -0.327 e. The van der Waals surface area contributed by atoms with Gasteiger partial charge in [-0.2, -0.15) is 0 Å². The molecule has 0 saturated carbocycles. The summed E-state index contributed by atoms with van der Waals surface area (Å²) in [5, 5.41) is 2.79. The highest BCUT2D eigenvalue weighted by molar-refractivity contribution is 5.90. The Bertz CT molecular complexity index is 576. The lowest BCUT2D eigenvalue weighted by molar-refractivity contribution is -0.116. The fourth-order valence-electron chi connectivity index (χ4n) is 1.82. The number of rotatable bonds is 5. The highest BCUT2D eigenvalue weighted by atomic mass is 16.1. The molecule has 0 aliphatic rings. The third-order valence-corrected chi connectivity index (χ3v) is 3.08. The fourth-order valence-corrected chi connectivity index (χ4v) is 1.82. The summed E-state index contributed by atoms with van der Waals surface area (Å²) >= 11 is 0. The van der Waals surface area contributed by atoms with Gasteiger partial charge in [0, 0.05) is 24.9 Å². The van der Waals surface area contributed by atoms with Gasteiger partial charge in [-0.3, -0.25) is 9.36 Å². The molecule has 0 aliphatic heterocycles. The van der Waals surface area contributed by atoms with E-state index in [0.717, 1.165) is 18.1 Å². The van der Waals surface area contributed by atoms with E-state index in [1.54, 1.807) is 12.4 Å². The van der Waals surface area contributed by atoms with Crippen molar-refractivity contribution in [2.75, 3.05) is 5.32 Å². The molecule has 20 heavy (non-hydrogen) atoms. The number of carbonyl (C=O) groups is 1. The largest absolute Gasteiger partial charge is 0.327 e. The molecular formula is C14H19N5O. The van der Waals surface area contributed by atoms with Crippen LogP contribution in [-0.2, 0) is 4.79 Å². The predicted octanol–water partition coefficient (Wildman–Crippen LogP) is 1.64. The molecule has 0 fully saturated rings. The van der Waals surface area contributed by atoms with Gasteiger partial charge in [0.25, 0.3) is 0 Å². The molecule has 0 bridgehead atoms. The van der Waals surface area contributed by atoms with Crippen molar-refractivity contribution < 1.29 is 4.79 Å². The lowest BCUT2D eigenvalue weighted by Gasteiger charge is -2.10. The molecule has 2 aromatic heterocycles. The van der Waals surface area contributed by atoms with Gasteiger partial charge in [0.2, 0.25) is 5.91 Å². The first kappa shape index (κ1) is 14.2. The van der Waals surface area contributed by atoms with Crippen LogP contribution in [0, 0.1) is 6.92 Å². The minimum absolute atomic E-state index is 0.0901. The van der Waals surface area contributed by atoms with Crippen LogP contribution in [-0.4, -0.2) is 26.5 Å². The van der Waals surface area contributed by atoms with Crippen LogP contribution in [0.3, 0.4) is 0 Å². The highest BCUT2D eigenvalue weighted by Gasteiger charge is 2.08. The van der Waals surface area contributed by atoms with Crippen molar-refractivity contribution in [1.82, 2.24) is 14.5 Å². The lowest BCUT2D eigenvalue weighted by atomic mass is 10.1. The van der Waals surface area contributed by atoms with E-state index >= 15 is 0 Å². The zero-order chi connectivity index (χ0) is 14.5. The third-order valence-electron chi connectivity index (χ3n) is 3.08. The van der Waals surface area contributed by atoms with Crippen molar-refractivity contribution in [3.8, 4) is 5.82 Å². The number of hydrogen-bond acceptors (Lipinski definition) is 4. The molecule has 6 heteroatoms. The zero-order valence-corrected chi connectivity index (χ0v) is 11.7. The number of aryl methyl sites for hydroxylation is 1. The lowest BCUT2D eigenvalue weighted by Crippen LogP contribution is -2.26. The van der Waals surface area contributed by atoms with Crippen LogP contribution in [0.15, 0.2) is 30.7 Å². The quantitative estimate of drug-likeness (QED) is 0.867. The summed E-state index contributed by atoms with van der Waals surface area (Å²) in [6.45, 7) is 3.87. The first-order valence-electron chi connectivity index (χ1n) is 6.62. The smallest absolute Gasteiger partial charge is 0.225 e. The van der Waals surface area contributed by atoms with E-state index in [-0.39, 0.29) is 11.9 Å². The summed E-state index contributed by atoms with van der Waals surface area (Å²) in [5.41, 5.74) is 6.41. The molecule has 0 aromatic carbocycles. The van der Waals surface area contributed by atoms with Gasteiger partial charge in [-0.05, 0) is 25.5 Å². The first-order valence-corrected chi connectivity index (χ1v) is 6.62. The van der Waals surface area contributed by atoms with E-state index in [1.165, 1.54) is 0 Å². The monoisotopic (exact) mass is 273 g/mol. The molecule has 0 aliphatic carbocycles. The van der Waals surface area contributed by atoms with E-state index in [0.29, 0.717) is 12.1 Å². The zero-order valence-electron chi connectivity index (χ0n) is 11.7. The van der Waals surface area contributed by atoms with Crippen LogP contribution in [0.1, 0.15) is 25.6 Å². The van der Waals surface area contributed by atoms with Crippen LogP contribution >= 0.6 is 0 Å². The fraction of sp³-hybridized carbons (Fsp3) is 0.357. The molecule has 1 atom stereocenters. The highest BCUT2D eigenvalue weighted by Crippen LogP contribution is 2.12. The average Bonchev–Trinajstić information content (AvgIpc) is 2.85. The van der Waals surface area contributed by atoms with Crippen LogP contribution in [0.4, 0.5) is 5.69 Å². The van der Waals surface area contributed by atoms with Gasteiger partial charge in [-0.25, -0.2) is 9.97 Å². The molecule has 106 valence electrons. The van der Waals surface area contributed by atoms with Crippen LogP contribution in [0.2, 0.25) is 0 Å². The maximum Gasteiger partial charge on any atom is 0.225 e. The number of hydrogen-bond donors (Lipinski definition) is 2. The van der Waals surface area contributed by atoms with Gasteiger partial charge in [0.1, 0.15) is 11.6 Å². The summed E-state index contributed by atoms with van der Waals surface area (Å²) in [6, 6.07) is 3.55. The summed E-state index contributed by atoms with van der Waals surface area (Å²) in [6.07, 6.45) is 6.29. The Kier molecular flexibility index (Phi) is 4.47. The molecule has 0 spiro atoms. The molecular weight excluding hydrogens is 254 g/mol. The van der Waals surface area contributed by atoms with Crippen molar-refractivity contribution in [3.63, 3.8) is 0 Å². The normalized spacial score (nSPS) is 12.2. The van der Waals surface area contributed by atoms with Crippen molar-refractivity contribution >= 4 is 11.6 Å². The number of nitrogens with one attached hydrogen (secondary N) is 1. The summed E-state index contributed by atoms with van der Waals surface area (Å²) in [4.78, 5) is 20.2. The Morgan fingerprint density at radius 3 is 2.80 bits per heavy atom. The molecule has 1 unspecified atom stereocenters. The van der Waals surface area contributed by atoms with Crippen LogP contribution < -0.4 is 11.1 Å². The Hall–Kier alpha value is -2.21. The molecule has 1 amide bonds. The van der Waals surface area contributed by atoms with Gasteiger partial charge in [0.05, 0.1) is 11.9 Å². The molecule has 2 heterocycles.